The maximum absolute atomic E-state index is 14.7. The lowest BCUT2D eigenvalue weighted by Crippen LogP contribution is -1.94. The second kappa shape index (κ2) is 6.48. The Morgan fingerprint density at radius 1 is 0.962 bits per heavy atom. The minimum atomic E-state index is -0.355. The van der Waals surface area contributed by atoms with Crippen molar-refractivity contribution in [3.63, 3.8) is 0 Å². The van der Waals surface area contributed by atoms with E-state index in [9.17, 15) is 4.39 Å². The molecule has 3 aromatic heterocycles. The van der Waals surface area contributed by atoms with E-state index < -0.39 is 0 Å². The summed E-state index contributed by atoms with van der Waals surface area (Å²) in [5.74, 6) is 0.800. The summed E-state index contributed by atoms with van der Waals surface area (Å²) >= 11 is 0. The van der Waals surface area contributed by atoms with Gasteiger partial charge in [0.1, 0.15) is 28.7 Å². The van der Waals surface area contributed by atoms with Crippen LogP contribution in [0.2, 0.25) is 0 Å². The van der Waals surface area contributed by atoms with Crippen molar-refractivity contribution in [2.24, 2.45) is 0 Å². The summed E-state index contributed by atoms with van der Waals surface area (Å²) in [7, 11) is 3.13. The van der Waals surface area contributed by atoms with E-state index in [1.54, 1.807) is 44.8 Å². The van der Waals surface area contributed by atoms with E-state index in [-0.39, 0.29) is 5.82 Å². The van der Waals surface area contributed by atoms with Crippen LogP contribution in [0.4, 0.5) is 4.39 Å². The zero-order valence-electron chi connectivity index (χ0n) is 14.3. The van der Waals surface area contributed by atoms with Crippen LogP contribution in [0.5, 0.6) is 11.5 Å². The van der Waals surface area contributed by atoms with E-state index in [1.165, 1.54) is 6.07 Å². The summed E-state index contributed by atoms with van der Waals surface area (Å²) in [6, 6.07) is 12.0. The van der Waals surface area contributed by atoms with Gasteiger partial charge in [0.15, 0.2) is 0 Å². The lowest BCUT2D eigenvalue weighted by Gasteiger charge is -2.10. The summed E-state index contributed by atoms with van der Waals surface area (Å²) in [5.41, 5.74) is 2.95. The molecule has 0 saturated carbocycles. The van der Waals surface area contributed by atoms with Gasteiger partial charge < -0.3 is 14.5 Å². The number of nitrogens with one attached hydrogen (secondary N) is 1. The summed E-state index contributed by atoms with van der Waals surface area (Å²) in [5, 5.41) is 0.794. The Hall–Kier alpha value is -3.41. The van der Waals surface area contributed by atoms with Crippen molar-refractivity contribution in [3.05, 3.63) is 60.7 Å². The van der Waals surface area contributed by atoms with Crippen molar-refractivity contribution in [3.8, 4) is 34.0 Å². The topological polar surface area (TPSA) is 60.0 Å². The predicted octanol–water partition coefficient (Wildman–Crippen LogP) is 4.45. The van der Waals surface area contributed by atoms with Crippen molar-refractivity contribution in [2.75, 3.05) is 14.2 Å². The van der Waals surface area contributed by atoms with E-state index in [2.05, 4.69) is 15.0 Å². The zero-order chi connectivity index (χ0) is 18.1. The van der Waals surface area contributed by atoms with Crippen LogP contribution in [-0.4, -0.2) is 29.2 Å². The Kier molecular flexibility index (Phi) is 4.01. The molecule has 0 bridgehead atoms. The monoisotopic (exact) mass is 349 g/mol. The molecular weight excluding hydrogens is 333 g/mol. The van der Waals surface area contributed by atoms with Crippen LogP contribution in [0.25, 0.3) is 33.5 Å². The highest BCUT2D eigenvalue weighted by Crippen LogP contribution is 2.41. The first-order valence-corrected chi connectivity index (χ1v) is 8.03. The molecule has 0 spiro atoms. The highest BCUT2D eigenvalue weighted by molar-refractivity contribution is 6.02. The van der Waals surface area contributed by atoms with E-state index in [0.717, 1.165) is 5.39 Å². The Morgan fingerprint density at radius 3 is 2.58 bits per heavy atom. The highest BCUT2D eigenvalue weighted by atomic mass is 19.1. The number of nitrogens with zero attached hydrogens (tertiary/aromatic N) is 2. The molecule has 0 aliphatic heterocycles. The Bertz CT molecular complexity index is 1090. The molecule has 0 amide bonds. The molecule has 0 aliphatic rings. The fourth-order valence-corrected chi connectivity index (χ4v) is 3.05. The molecule has 26 heavy (non-hydrogen) atoms. The van der Waals surface area contributed by atoms with Crippen LogP contribution in [0.1, 0.15) is 0 Å². The molecule has 0 aliphatic carbocycles. The number of benzene rings is 1. The molecule has 0 fully saturated rings. The van der Waals surface area contributed by atoms with Gasteiger partial charge in [-0.05, 0) is 42.5 Å². The van der Waals surface area contributed by atoms with Crippen LogP contribution in [0, 0.1) is 5.82 Å². The summed E-state index contributed by atoms with van der Waals surface area (Å²) < 4.78 is 25.5. The Labute approximate surface area is 149 Å². The number of ether oxygens (including phenoxy) is 2. The van der Waals surface area contributed by atoms with Gasteiger partial charge in [-0.1, -0.05) is 0 Å². The number of rotatable bonds is 4. The third kappa shape index (κ3) is 2.56. The second-order valence-electron chi connectivity index (χ2n) is 5.67. The molecule has 4 rings (SSSR count). The molecule has 0 atom stereocenters. The number of methoxy groups -OCH3 is 2. The van der Waals surface area contributed by atoms with Gasteiger partial charge >= 0.3 is 0 Å². The molecule has 6 heteroatoms. The van der Waals surface area contributed by atoms with E-state index >= 15 is 0 Å². The molecule has 1 aromatic carbocycles. The minimum Gasteiger partial charge on any atom is -0.497 e. The maximum atomic E-state index is 14.7. The number of hydrogen-bond donors (Lipinski definition) is 1. The first-order chi connectivity index (χ1) is 12.7. The van der Waals surface area contributed by atoms with Gasteiger partial charge in [0.2, 0.25) is 0 Å². The van der Waals surface area contributed by atoms with Gasteiger partial charge in [-0.3, -0.25) is 4.98 Å². The smallest absolute Gasteiger partial charge is 0.146 e. The van der Waals surface area contributed by atoms with Crippen LogP contribution in [-0.2, 0) is 0 Å². The summed E-state index contributed by atoms with van der Waals surface area (Å²) in [6.07, 6.45) is 3.35. The fourth-order valence-electron chi connectivity index (χ4n) is 3.05. The molecule has 4 aromatic rings. The highest BCUT2D eigenvalue weighted by Gasteiger charge is 2.22. The first kappa shape index (κ1) is 16.1. The van der Waals surface area contributed by atoms with Crippen LogP contribution >= 0.6 is 0 Å². The van der Waals surface area contributed by atoms with Crippen LogP contribution in [0.3, 0.4) is 0 Å². The van der Waals surface area contributed by atoms with Gasteiger partial charge in [0.05, 0.1) is 19.9 Å². The lowest BCUT2D eigenvalue weighted by atomic mass is 10.00. The molecule has 5 nitrogen and oxygen atoms in total. The second-order valence-corrected chi connectivity index (χ2v) is 5.67. The van der Waals surface area contributed by atoms with Crippen molar-refractivity contribution in [2.45, 2.75) is 0 Å². The lowest BCUT2D eigenvalue weighted by molar-refractivity contribution is 0.414. The number of aromatic nitrogens is 3. The Balaban J connectivity index is 2.09. The van der Waals surface area contributed by atoms with Crippen LogP contribution in [0.15, 0.2) is 54.9 Å². The average molecular weight is 349 g/mol. The van der Waals surface area contributed by atoms with Gasteiger partial charge in [-0.15, -0.1) is 0 Å². The largest absolute Gasteiger partial charge is 0.497 e. The Morgan fingerprint density at radius 2 is 1.77 bits per heavy atom. The van der Waals surface area contributed by atoms with Gasteiger partial charge in [0, 0.05) is 28.9 Å². The van der Waals surface area contributed by atoms with E-state index in [0.29, 0.717) is 39.7 Å². The first-order valence-electron chi connectivity index (χ1n) is 8.03. The normalized spacial score (nSPS) is 10.9. The minimum absolute atomic E-state index is 0.355. The number of H-pyrrole nitrogens is 1. The zero-order valence-corrected chi connectivity index (χ0v) is 14.3. The third-order valence-corrected chi connectivity index (χ3v) is 4.24. The molecule has 0 radical (unpaired) electrons. The van der Waals surface area contributed by atoms with Crippen molar-refractivity contribution in [1.29, 1.82) is 0 Å². The number of fused-ring (bicyclic) bond motifs is 1. The maximum Gasteiger partial charge on any atom is 0.146 e. The third-order valence-electron chi connectivity index (χ3n) is 4.24. The number of halogens is 1. The summed E-state index contributed by atoms with van der Waals surface area (Å²) in [6.45, 7) is 0. The van der Waals surface area contributed by atoms with Crippen molar-refractivity contribution >= 4 is 11.0 Å². The van der Waals surface area contributed by atoms with Crippen molar-refractivity contribution in [1.82, 2.24) is 15.0 Å². The number of aromatic amines is 1. The van der Waals surface area contributed by atoms with E-state index in [1.807, 2.05) is 18.2 Å². The number of pyridine rings is 2. The molecule has 130 valence electrons. The molecule has 1 N–H and O–H groups in total. The molecule has 0 saturated heterocycles. The summed E-state index contributed by atoms with van der Waals surface area (Å²) in [4.78, 5) is 12.1. The van der Waals surface area contributed by atoms with Crippen LogP contribution < -0.4 is 9.47 Å². The van der Waals surface area contributed by atoms with Crippen molar-refractivity contribution < 1.29 is 13.9 Å². The standard InChI is InChI=1S/C20H16FN3O2/c1-25-12-7-8-15(21)14(11-12)17-13-5-3-10-23-20(13)24-19(17)18-16(26-2)6-4-9-22-18/h3-11H,1-2H3,(H,23,24). The average Bonchev–Trinajstić information content (AvgIpc) is 3.07. The van der Waals surface area contributed by atoms with E-state index in [4.69, 9.17) is 9.47 Å². The molecule has 0 unspecified atom stereocenters. The fraction of sp³-hybridized carbons (Fsp3) is 0.100. The molecular formula is C20H16FN3O2. The quantitative estimate of drug-likeness (QED) is 0.591. The van der Waals surface area contributed by atoms with Gasteiger partial charge in [-0.25, -0.2) is 9.37 Å². The van der Waals surface area contributed by atoms with Gasteiger partial charge in [-0.2, -0.15) is 0 Å². The van der Waals surface area contributed by atoms with Gasteiger partial charge in [0.25, 0.3) is 0 Å². The molecule has 3 heterocycles. The number of hydrogen-bond acceptors (Lipinski definition) is 4. The predicted molar refractivity (Wildman–Crippen MR) is 97.8 cm³/mol. The SMILES string of the molecule is COc1ccc(F)c(-c2c(-c3ncccc3OC)[nH]c3ncccc23)c1.